The lowest BCUT2D eigenvalue weighted by atomic mass is 10.2. The van der Waals surface area contributed by atoms with E-state index in [4.69, 9.17) is 0 Å². The minimum Gasteiger partial charge on any atom is -0.355 e. The van der Waals surface area contributed by atoms with Crippen LogP contribution in [-0.2, 0) is 4.79 Å². The van der Waals surface area contributed by atoms with Gasteiger partial charge in [-0.05, 0) is 43.0 Å². The Morgan fingerprint density at radius 1 is 1.12 bits per heavy atom. The van der Waals surface area contributed by atoms with Gasteiger partial charge in [0.15, 0.2) is 11.0 Å². The second-order valence-corrected chi connectivity index (χ2v) is 7.19. The Kier molecular flexibility index (Phi) is 4.97. The zero-order valence-corrected chi connectivity index (χ0v) is 15.0. The van der Waals surface area contributed by atoms with Gasteiger partial charge >= 0.3 is 0 Å². The van der Waals surface area contributed by atoms with Crippen molar-refractivity contribution in [1.29, 1.82) is 0 Å². The van der Waals surface area contributed by atoms with Crippen LogP contribution in [-0.4, -0.2) is 38.0 Å². The maximum absolute atomic E-state index is 12.1. The number of nitrogens with zero attached hydrogens (tertiary/aromatic N) is 4. The van der Waals surface area contributed by atoms with Crippen molar-refractivity contribution in [2.45, 2.75) is 18.0 Å². The number of pyridine rings is 1. The van der Waals surface area contributed by atoms with Crippen molar-refractivity contribution >= 4 is 17.7 Å². The lowest BCUT2D eigenvalue weighted by molar-refractivity contribution is -0.118. The number of carbonyl (C=O) groups is 1. The van der Waals surface area contributed by atoms with E-state index in [1.165, 1.54) is 24.6 Å². The molecule has 2 aromatic heterocycles. The molecule has 132 valence electrons. The van der Waals surface area contributed by atoms with E-state index >= 15 is 0 Å². The summed E-state index contributed by atoms with van der Waals surface area (Å²) in [6.07, 6.45) is 5.92. The van der Waals surface area contributed by atoms with Crippen LogP contribution < -0.4 is 5.32 Å². The van der Waals surface area contributed by atoms with Gasteiger partial charge in [0.05, 0.1) is 5.75 Å². The lowest BCUT2D eigenvalue weighted by Crippen LogP contribution is -2.27. The van der Waals surface area contributed by atoms with Gasteiger partial charge in [0.2, 0.25) is 5.91 Å². The Labute approximate surface area is 156 Å². The highest BCUT2D eigenvalue weighted by molar-refractivity contribution is 7.99. The van der Waals surface area contributed by atoms with Crippen molar-refractivity contribution in [3.05, 3.63) is 54.9 Å². The molecule has 0 unspecified atom stereocenters. The molecule has 7 heteroatoms. The number of aromatic nitrogens is 4. The van der Waals surface area contributed by atoms with Crippen molar-refractivity contribution in [1.82, 2.24) is 25.1 Å². The number of hydrogen-bond donors (Lipinski definition) is 1. The number of hydrogen-bond acceptors (Lipinski definition) is 5. The van der Waals surface area contributed by atoms with Crippen LogP contribution in [0.1, 0.15) is 12.8 Å². The van der Waals surface area contributed by atoms with Gasteiger partial charge in [-0.1, -0.05) is 30.0 Å². The van der Waals surface area contributed by atoms with E-state index in [0.29, 0.717) is 16.8 Å². The van der Waals surface area contributed by atoms with Gasteiger partial charge < -0.3 is 5.32 Å². The molecule has 1 fully saturated rings. The zero-order chi connectivity index (χ0) is 17.8. The maximum atomic E-state index is 12.1. The average molecular weight is 365 g/mol. The molecular formula is C19H19N5OS. The molecule has 1 saturated carbocycles. The fraction of sp³-hybridized carbons (Fsp3) is 0.263. The van der Waals surface area contributed by atoms with Gasteiger partial charge in [-0.3, -0.25) is 14.3 Å². The van der Waals surface area contributed by atoms with E-state index in [1.807, 2.05) is 47.0 Å². The second-order valence-electron chi connectivity index (χ2n) is 6.25. The second kappa shape index (κ2) is 7.70. The molecule has 0 atom stereocenters. The largest absolute Gasteiger partial charge is 0.355 e. The summed E-state index contributed by atoms with van der Waals surface area (Å²) in [6.45, 7) is 0.785. The molecule has 1 aromatic carbocycles. The van der Waals surface area contributed by atoms with Crippen LogP contribution >= 0.6 is 11.8 Å². The van der Waals surface area contributed by atoms with E-state index < -0.39 is 0 Å². The Balaban J connectivity index is 1.58. The van der Waals surface area contributed by atoms with Gasteiger partial charge in [0.25, 0.3) is 0 Å². The van der Waals surface area contributed by atoms with E-state index in [0.717, 1.165) is 23.6 Å². The summed E-state index contributed by atoms with van der Waals surface area (Å²) in [4.78, 5) is 16.1. The number of para-hydroxylation sites is 1. The number of rotatable bonds is 7. The topological polar surface area (TPSA) is 72.7 Å². The number of amides is 1. The minimum absolute atomic E-state index is 0.0370. The predicted octanol–water partition coefficient (Wildman–Crippen LogP) is 2.95. The van der Waals surface area contributed by atoms with Crippen LogP contribution in [0.4, 0.5) is 0 Å². The first-order valence-corrected chi connectivity index (χ1v) is 9.60. The summed E-state index contributed by atoms with van der Waals surface area (Å²) < 4.78 is 1.98. The molecule has 1 amide bonds. The van der Waals surface area contributed by atoms with Gasteiger partial charge in [-0.2, -0.15) is 0 Å². The van der Waals surface area contributed by atoms with Crippen LogP contribution in [0.2, 0.25) is 0 Å². The molecule has 4 rings (SSSR count). The molecule has 3 aromatic rings. The minimum atomic E-state index is 0.0370. The molecule has 0 aliphatic heterocycles. The summed E-state index contributed by atoms with van der Waals surface area (Å²) in [5, 5.41) is 12.4. The number of thioether (sulfide) groups is 1. The van der Waals surface area contributed by atoms with E-state index in [1.54, 1.807) is 12.4 Å². The van der Waals surface area contributed by atoms with Crippen LogP contribution in [0, 0.1) is 5.92 Å². The smallest absolute Gasteiger partial charge is 0.230 e. The van der Waals surface area contributed by atoms with Crippen molar-refractivity contribution < 1.29 is 4.79 Å². The third kappa shape index (κ3) is 3.94. The zero-order valence-electron chi connectivity index (χ0n) is 14.2. The number of benzene rings is 1. The summed E-state index contributed by atoms with van der Waals surface area (Å²) in [5.74, 6) is 1.78. The highest BCUT2D eigenvalue weighted by atomic mass is 32.2. The molecule has 6 nitrogen and oxygen atoms in total. The van der Waals surface area contributed by atoms with Gasteiger partial charge in [0.1, 0.15) is 0 Å². The van der Waals surface area contributed by atoms with Crippen molar-refractivity contribution in [3.63, 3.8) is 0 Å². The molecule has 26 heavy (non-hydrogen) atoms. The van der Waals surface area contributed by atoms with Crippen LogP contribution in [0.5, 0.6) is 0 Å². The molecule has 1 aliphatic carbocycles. The van der Waals surface area contributed by atoms with Crippen LogP contribution in [0.25, 0.3) is 17.1 Å². The Hall–Kier alpha value is -2.67. The van der Waals surface area contributed by atoms with Crippen molar-refractivity contribution in [2.24, 2.45) is 5.92 Å². The molecule has 0 spiro atoms. The monoisotopic (exact) mass is 365 g/mol. The quantitative estimate of drug-likeness (QED) is 0.652. The van der Waals surface area contributed by atoms with E-state index in [-0.39, 0.29) is 5.91 Å². The SMILES string of the molecule is O=C(CSc1nnc(-c2ccncc2)n1-c1ccccc1)NCC1CC1. The van der Waals surface area contributed by atoms with Gasteiger partial charge in [0, 0.05) is 30.2 Å². The van der Waals surface area contributed by atoms with E-state index in [9.17, 15) is 4.79 Å². The summed E-state index contributed by atoms with van der Waals surface area (Å²) in [5.41, 5.74) is 1.89. The Bertz CT molecular complexity index is 877. The summed E-state index contributed by atoms with van der Waals surface area (Å²) in [6, 6.07) is 13.7. The van der Waals surface area contributed by atoms with Gasteiger partial charge in [-0.15, -0.1) is 10.2 Å². The Morgan fingerprint density at radius 2 is 1.88 bits per heavy atom. The molecular weight excluding hydrogens is 346 g/mol. The standard InChI is InChI=1S/C19H19N5OS/c25-17(21-12-14-6-7-14)13-26-19-23-22-18(15-8-10-20-11-9-15)24(19)16-4-2-1-3-5-16/h1-5,8-11,14H,6-7,12-13H2,(H,21,25). The van der Waals surface area contributed by atoms with Crippen LogP contribution in [0.3, 0.4) is 0 Å². The van der Waals surface area contributed by atoms with Gasteiger partial charge in [-0.25, -0.2) is 0 Å². The number of carbonyl (C=O) groups excluding carboxylic acids is 1. The summed E-state index contributed by atoms with van der Waals surface area (Å²) >= 11 is 1.40. The molecule has 1 aliphatic rings. The first-order valence-electron chi connectivity index (χ1n) is 8.62. The summed E-state index contributed by atoms with van der Waals surface area (Å²) in [7, 11) is 0. The van der Waals surface area contributed by atoms with Crippen molar-refractivity contribution in [3.8, 4) is 17.1 Å². The average Bonchev–Trinajstić information content (AvgIpc) is 3.43. The molecule has 0 radical (unpaired) electrons. The fourth-order valence-electron chi connectivity index (χ4n) is 2.62. The Morgan fingerprint density at radius 3 is 2.62 bits per heavy atom. The van der Waals surface area contributed by atoms with E-state index in [2.05, 4.69) is 20.5 Å². The molecule has 0 bridgehead atoms. The first-order chi connectivity index (χ1) is 12.8. The maximum Gasteiger partial charge on any atom is 0.230 e. The third-order valence-corrected chi connectivity index (χ3v) is 5.13. The highest BCUT2D eigenvalue weighted by Crippen LogP contribution is 2.29. The normalized spacial score (nSPS) is 13.5. The molecule has 2 heterocycles. The number of nitrogens with one attached hydrogen (secondary N) is 1. The van der Waals surface area contributed by atoms with Crippen molar-refractivity contribution in [2.75, 3.05) is 12.3 Å². The lowest BCUT2D eigenvalue weighted by Gasteiger charge is -2.10. The van der Waals surface area contributed by atoms with Crippen LogP contribution in [0.15, 0.2) is 60.0 Å². The molecule has 0 saturated heterocycles. The fourth-order valence-corrected chi connectivity index (χ4v) is 3.40. The molecule has 1 N–H and O–H groups in total. The predicted molar refractivity (Wildman–Crippen MR) is 101 cm³/mol. The highest BCUT2D eigenvalue weighted by Gasteiger charge is 2.22. The third-order valence-electron chi connectivity index (χ3n) is 4.20. The first kappa shape index (κ1) is 16.8.